The van der Waals surface area contributed by atoms with Gasteiger partial charge < -0.3 is 15.7 Å². The number of urea groups is 1. The lowest BCUT2D eigenvalue weighted by molar-refractivity contribution is -0.136. The van der Waals surface area contributed by atoms with Gasteiger partial charge in [-0.15, -0.1) is 0 Å². The molecule has 98 valence electrons. The fourth-order valence-corrected chi connectivity index (χ4v) is 1.43. The Balaban J connectivity index is 2.43. The van der Waals surface area contributed by atoms with E-state index in [2.05, 4.69) is 17.6 Å². The Labute approximate surface area is 106 Å². The van der Waals surface area contributed by atoms with Crippen LogP contribution in [0.5, 0.6) is 0 Å². The van der Waals surface area contributed by atoms with Crippen LogP contribution in [0.15, 0.2) is 24.3 Å². The quantitative estimate of drug-likeness (QED) is 0.677. The predicted molar refractivity (Wildman–Crippen MR) is 69.7 cm³/mol. The van der Waals surface area contributed by atoms with Crippen LogP contribution in [0.4, 0.5) is 10.5 Å². The third-order valence-corrected chi connectivity index (χ3v) is 2.38. The van der Waals surface area contributed by atoms with Crippen molar-refractivity contribution in [3.8, 4) is 0 Å². The van der Waals surface area contributed by atoms with E-state index in [4.69, 9.17) is 5.11 Å². The molecule has 0 radical (unpaired) electrons. The molecule has 1 rings (SSSR count). The molecule has 0 aromatic heterocycles. The van der Waals surface area contributed by atoms with Crippen LogP contribution in [0.25, 0.3) is 0 Å². The zero-order valence-electron chi connectivity index (χ0n) is 10.4. The van der Waals surface area contributed by atoms with Gasteiger partial charge in [0.05, 0.1) is 6.42 Å². The second-order valence-electron chi connectivity index (χ2n) is 4.00. The summed E-state index contributed by atoms with van der Waals surface area (Å²) in [7, 11) is 0. The molecule has 1 aromatic carbocycles. The number of carboxylic acids is 1. The molecule has 0 fully saturated rings. The number of hydrogen-bond donors (Lipinski definition) is 3. The highest BCUT2D eigenvalue weighted by atomic mass is 16.4. The van der Waals surface area contributed by atoms with Gasteiger partial charge >= 0.3 is 12.0 Å². The molecule has 0 unspecified atom stereocenters. The lowest BCUT2D eigenvalue weighted by Gasteiger charge is -2.07. The Morgan fingerprint density at radius 2 is 1.89 bits per heavy atom. The van der Waals surface area contributed by atoms with Crippen LogP contribution in [0.1, 0.15) is 25.3 Å². The smallest absolute Gasteiger partial charge is 0.319 e. The van der Waals surface area contributed by atoms with Gasteiger partial charge in [-0.3, -0.25) is 4.79 Å². The van der Waals surface area contributed by atoms with E-state index in [1.807, 2.05) is 0 Å². The van der Waals surface area contributed by atoms with Gasteiger partial charge in [0.25, 0.3) is 0 Å². The van der Waals surface area contributed by atoms with E-state index >= 15 is 0 Å². The van der Waals surface area contributed by atoms with Crippen LogP contribution in [0.3, 0.4) is 0 Å². The van der Waals surface area contributed by atoms with Crippen molar-refractivity contribution in [2.45, 2.75) is 26.2 Å². The van der Waals surface area contributed by atoms with Gasteiger partial charge in [-0.25, -0.2) is 4.79 Å². The summed E-state index contributed by atoms with van der Waals surface area (Å²) in [6.07, 6.45) is 1.97. The molecule has 0 bridgehead atoms. The van der Waals surface area contributed by atoms with Crippen molar-refractivity contribution < 1.29 is 14.7 Å². The normalized spacial score (nSPS) is 9.83. The van der Waals surface area contributed by atoms with E-state index in [-0.39, 0.29) is 12.5 Å². The maximum absolute atomic E-state index is 11.4. The largest absolute Gasteiger partial charge is 0.481 e. The van der Waals surface area contributed by atoms with Crippen molar-refractivity contribution in [2.75, 3.05) is 11.9 Å². The highest BCUT2D eigenvalue weighted by Crippen LogP contribution is 2.09. The van der Waals surface area contributed by atoms with Gasteiger partial charge in [-0.1, -0.05) is 25.5 Å². The van der Waals surface area contributed by atoms with Crippen LogP contribution < -0.4 is 10.6 Å². The number of benzene rings is 1. The number of carbonyl (C=O) groups is 2. The Morgan fingerprint density at radius 1 is 1.22 bits per heavy atom. The number of anilines is 1. The van der Waals surface area contributed by atoms with Crippen LogP contribution in [0, 0.1) is 0 Å². The minimum absolute atomic E-state index is 0.0109. The SMILES string of the molecule is CCCCNC(=O)Nc1ccc(CC(=O)O)cc1. The molecule has 5 nitrogen and oxygen atoms in total. The van der Waals surface area contributed by atoms with E-state index in [1.165, 1.54) is 0 Å². The van der Waals surface area contributed by atoms with E-state index in [1.54, 1.807) is 24.3 Å². The third-order valence-electron chi connectivity index (χ3n) is 2.38. The number of nitrogens with one attached hydrogen (secondary N) is 2. The zero-order chi connectivity index (χ0) is 13.4. The number of hydrogen-bond acceptors (Lipinski definition) is 2. The van der Waals surface area contributed by atoms with Gasteiger partial charge in [0.15, 0.2) is 0 Å². The average molecular weight is 250 g/mol. The van der Waals surface area contributed by atoms with Crippen LogP contribution in [-0.4, -0.2) is 23.7 Å². The number of carbonyl (C=O) groups excluding carboxylic acids is 1. The fraction of sp³-hybridized carbons (Fsp3) is 0.385. The van der Waals surface area contributed by atoms with E-state index in [0.717, 1.165) is 12.8 Å². The Bertz CT molecular complexity index is 401. The lowest BCUT2D eigenvalue weighted by atomic mass is 10.1. The van der Waals surface area contributed by atoms with Crippen molar-refractivity contribution in [2.24, 2.45) is 0 Å². The number of carboxylic acid groups (broad SMARTS) is 1. The zero-order valence-corrected chi connectivity index (χ0v) is 10.4. The van der Waals surface area contributed by atoms with Crippen molar-refractivity contribution in [3.05, 3.63) is 29.8 Å². The molecule has 3 N–H and O–H groups in total. The van der Waals surface area contributed by atoms with E-state index in [0.29, 0.717) is 17.8 Å². The van der Waals surface area contributed by atoms with Crippen molar-refractivity contribution in [1.82, 2.24) is 5.32 Å². The highest BCUT2D eigenvalue weighted by Gasteiger charge is 2.02. The van der Waals surface area contributed by atoms with Gasteiger partial charge in [-0.05, 0) is 24.1 Å². The minimum atomic E-state index is -0.868. The first kappa shape index (κ1) is 14.0. The van der Waals surface area contributed by atoms with E-state index < -0.39 is 5.97 Å². The average Bonchev–Trinajstić information content (AvgIpc) is 2.31. The summed E-state index contributed by atoms with van der Waals surface area (Å²) in [5, 5.41) is 14.0. The monoisotopic (exact) mass is 250 g/mol. The van der Waals surface area contributed by atoms with Gasteiger partial charge in [-0.2, -0.15) is 0 Å². The summed E-state index contributed by atoms with van der Waals surface area (Å²) >= 11 is 0. The molecule has 1 aromatic rings. The molecule has 0 heterocycles. The standard InChI is InChI=1S/C13H18N2O3/c1-2-3-8-14-13(18)15-11-6-4-10(5-7-11)9-12(16)17/h4-7H,2-3,8-9H2,1H3,(H,16,17)(H2,14,15,18). The maximum Gasteiger partial charge on any atom is 0.319 e. The molecule has 0 atom stereocenters. The molecule has 0 spiro atoms. The highest BCUT2D eigenvalue weighted by molar-refractivity contribution is 5.89. The van der Waals surface area contributed by atoms with Crippen LogP contribution >= 0.6 is 0 Å². The number of unbranched alkanes of at least 4 members (excludes halogenated alkanes) is 1. The molecular weight excluding hydrogens is 232 g/mol. The topological polar surface area (TPSA) is 78.4 Å². The molecule has 0 aliphatic heterocycles. The van der Waals surface area contributed by atoms with Gasteiger partial charge in [0, 0.05) is 12.2 Å². The van der Waals surface area contributed by atoms with Crippen LogP contribution in [0.2, 0.25) is 0 Å². The van der Waals surface area contributed by atoms with Crippen molar-refractivity contribution in [1.29, 1.82) is 0 Å². The first-order valence-corrected chi connectivity index (χ1v) is 5.97. The summed E-state index contributed by atoms with van der Waals surface area (Å²) in [5.74, 6) is -0.868. The lowest BCUT2D eigenvalue weighted by Crippen LogP contribution is -2.29. The molecule has 0 aliphatic carbocycles. The molecule has 0 aliphatic rings. The van der Waals surface area contributed by atoms with Crippen LogP contribution in [-0.2, 0) is 11.2 Å². The fourth-order valence-electron chi connectivity index (χ4n) is 1.43. The summed E-state index contributed by atoms with van der Waals surface area (Å²) in [5.41, 5.74) is 1.36. The first-order valence-electron chi connectivity index (χ1n) is 5.97. The summed E-state index contributed by atoms with van der Waals surface area (Å²) in [4.78, 5) is 21.9. The van der Waals surface area contributed by atoms with Crippen molar-refractivity contribution >= 4 is 17.7 Å². The molecule has 18 heavy (non-hydrogen) atoms. The molecule has 0 saturated heterocycles. The molecule has 0 saturated carbocycles. The Morgan fingerprint density at radius 3 is 2.44 bits per heavy atom. The Kier molecular flexibility index (Phi) is 5.70. The van der Waals surface area contributed by atoms with E-state index in [9.17, 15) is 9.59 Å². The first-order chi connectivity index (χ1) is 8.61. The Hall–Kier alpha value is -2.04. The predicted octanol–water partition coefficient (Wildman–Crippen LogP) is 2.24. The molecule has 2 amide bonds. The minimum Gasteiger partial charge on any atom is -0.481 e. The molecular formula is C13H18N2O3. The van der Waals surface area contributed by atoms with Gasteiger partial charge in [0.2, 0.25) is 0 Å². The number of amides is 2. The summed E-state index contributed by atoms with van der Waals surface area (Å²) < 4.78 is 0. The van der Waals surface area contributed by atoms with Gasteiger partial charge in [0.1, 0.15) is 0 Å². The summed E-state index contributed by atoms with van der Waals surface area (Å²) in [6.45, 7) is 2.71. The summed E-state index contributed by atoms with van der Waals surface area (Å²) in [6, 6.07) is 6.52. The second-order valence-corrected chi connectivity index (χ2v) is 4.00. The molecule has 5 heteroatoms. The van der Waals surface area contributed by atoms with Crippen molar-refractivity contribution in [3.63, 3.8) is 0 Å². The number of aliphatic carboxylic acids is 1. The maximum atomic E-state index is 11.4. The second kappa shape index (κ2) is 7.32. The third kappa shape index (κ3) is 5.34. The number of rotatable bonds is 6.